The van der Waals surface area contributed by atoms with Crippen LogP contribution < -0.4 is 5.32 Å². The summed E-state index contributed by atoms with van der Waals surface area (Å²) in [4.78, 5) is 12.5. The van der Waals surface area contributed by atoms with Crippen molar-refractivity contribution >= 4 is 31.5 Å². The van der Waals surface area contributed by atoms with E-state index in [2.05, 4.69) is 5.32 Å². The van der Waals surface area contributed by atoms with E-state index in [4.69, 9.17) is 0 Å². The molecule has 1 aliphatic heterocycles. The first-order valence-corrected chi connectivity index (χ1v) is 13.0. The molecule has 0 unspecified atom stereocenters. The van der Waals surface area contributed by atoms with Gasteiger partial charge in [0.2, 0.25) is 15.9 Å². The Bertz CT molecular complexity index is 1150. The molecule has 1 saturated heterocycles. The number of amides is 1. The highest BCUT2D eigenvalue weighted by molar-refractivity contribution is 7.91. The lowest BCUT2D eigenvalue weighted by molar-refractivity contribution is -0.120. The van der Waals surface area contributed by atoms with Gasteiger partial charge in [-0.25, -0.2) is 16.8 Å². The van der Waals surface area contributed by atoms with Gasteiger partial charge in [-0.1, -0.05) is 12.1 Å². The molecule has 0 aromatic heterocycles. The second-order valence-electron chi connectivity index (χ2n) is 7.79. The van der Waals surface area contributed by atoms with Gasteiger partial charge in [-0.05, 0) is 68.1 Å². The normalized spacial score (nSPS) is 16.4. The molecule has 1 heterocycles. The molecule has 1 N–H and O–H groups in total. The van der Waals surface area contributed by atoms with E-state index in [0.717, 1.165) is 23.1 Å². The van der Waals surface area contributed by atoms with Gasteiger partial charge >= 0.3 is 0 Å². The number of anilines is 1. The Morgan fingerprint density at radius 1 is 0.933 bits per heavy atom. The third kappa shape index (κ3) is 5.08. The quantitative estimate of drug-likeness (QED) is 0.755. The maximum Gasteiger partial charge on any atom is 0.243 e. The molecule has 7 nitrogen and oxygen atoms in total. The van der Waals surface area contributed by atoms with Crippen molar-refractivity contribution in [1.82, 2.24) is 4.31 Å². The first-order chi connectivity index (χ1) is 14.0. The van der Waals surface area contributed by atoms with E-state index in [1.54, 1.807) is 0 Å². The van der Waals surface area contributed by atoms with E-state index in [1.807, 2.05) is 32.0 Å². The summed E-state index contributed by atoms with van der Waals surface area (Å²) in [7, 11) is -7.34. The zero-order valence-corrected chi connectivity index (χ0v) is 18.9. The van der Waals surface area contributed by atoms with Crippen LogP contribution in [0.25, 0.3) is 0 Å². The molecule has 2 aromatic rings. The van der Waals surface area contributed by atoms with Crippen LogP contribution in [0.4, 0.5) is 5.69 Å². The lowest BCUT2D eigenvalue weighted by Crippen LogP contribution is -2.41. The highest BCUT2D eigenvalue weighted by Crippen LogP contribution is 2.26. The summed E-state index contributed by atoms with van der Waals surface area (Å²) in [6, 6.07) is 11.2. The molecule has 3 rings (SSSR count). The van der Waals surface area contributed by atoms with Gasteiger partial charge in [-0.2, -0.15) is 4.31 Å². The number of sulfone groups is 1. The van der Waals surface area contributed by atoms with E-state index in [1.165, 1.54) is 28.6 Å². The summed E-state index contributed by atoms with van der Waals surface area (Å²) in [5.41, 5.74) is 2.86. The highest BCUT2D eigenvalue weighted by atomic mass is 32.2. The van der Waals surface area contributed by atoms with Gasteiger partial charge in [-0.15, -0.1) is 0 Å². The number of aryl methyl sites for hydroxylation is 2. The number of nitrogens with one attached hydrogen (secondary N) is 1. The number of piperidine rings is 1. The van der Waals surface area contributed by atoms with Gasteiger partial charge in [-0.3, -0.25) is 4.79 Å². The predicted molar refractivity (Wildman–Crippen MR) is 116 cm³/mol. The molecule has 0 spiro atoms. The van der Waals surface area contributed by atoms with E-state index in [-0.39, 0.29) is 34.7 Å². The number of rotatable bonds is 5. The van der Waals surface area contributed by atoms with Gasteiger partial charge in [0.05, 0.1) is 9.79 Å². The molecule has 0 radical (unpaired) electrons. The minimum absolute atomic E-state index is 0.0358. The fourth-order valence-corrected chi connectivity index (χ4v) is 5.92. The molecule has 9 heteroatoms. The Kier molecular flexibility index (Phi) is 6.35. The topological polar surface area (TPSA) is 101 Å². The summed E-state index contributed by atoms with van der Waals surface area (Å²) in [6.07, 6.45) is 1.85. The maximum atomic E-state index is 12.9. The number of hydrogen-bond donors (Lipinski definition) is 1. The predicted octanol–water partition coefficient (Wildman–Crippen LogP) is 2.75. The molecule has 1 aliphatic rings. The van der Waals surface area contributed by atoms with Crippen LogP contribution in [0.2, 0.25) is 0 Å². The monoisotopic (exact) mass is 450 g/mol. The Labute approximate surface area is 178 Å². The Morgan fingerprint density at radius 2 is 1.50 bits per heavy atom. The second kappa shape index (κ2) is 8.49. The first-order valence-electron chi connectivity index (χ1n) is 9.66. The number of hydrogen-bond acceptors (Lipinski definition) is 5. The average molecular weight is 451 g/mol. The third-order valence-corrected chi connectivity index (χ3v) is 8.19. The number of benzene rings is 2. The van der Waals surface area contributed by atoms with Crippen LogP contribution in [0.5, 0.6) is 0 Å². The van der Waals surface area contributed by atoms with Crippen molar-refractivity contribution in [1.29, 1.82) is 0 Å². The lowest BCUT2D eigenvalue weighted by atomic mass is 9.97. The number of carbonyl (C=O) groups is 1. The van der Waals surface area contributed by atoms with Crippen LogP contribution in [-0.4, -0.2) is 46.4 Å². The SMILES string of the molecule is Cc1cc(C)cc(NC(=O)C2CCN(S(=O)(=O)c3cccc(S(C)(=O)=O)c3)CC2)c1. The van der Waals surface area contributed by atoms with Crippen LogP contribution >= 0.6 is 0 Å². The van der Waals surface area contributed by atoms with Crippen molar-refractivity contribution in [3.8, 4) is 0 Å². The average Bonchev–Trinajstić information content (AvgIpc) is 2.66. The highest BCUT2D eigenvalue weighted by Gasteiger charge is 2.32. The van der Waals surface area contributed by atoms with E-state index in [0.29, 0.717) is 12.8 Å². The van der Waals surface area contributed by atoms with Crippen molar-refractivity contribution < 1.29 is 21.6 Å². The molecule has 2 aromatic carbocycles. The van der Waals surface area contributed by atoms with Gasteiger partial charge < -0.3 is 5.32 Å². The number of nitrogens with zero attached hydrogens (tertiary/aromatic N) is 1. The first kappa shape index (κ1) is 22.5. The summed E-state index contributed by atoms with van der Waals surface area (Å²) in [5.74, 6) is -0.393. The molecule has 0 bridgehead atoms. The van der Waals surface area contributed by atoms with E-state index in [9.17, 15) is 21.6 Å². The summed E-state index contributed by atoms with van der Waals surface area (Å²) in [6.45, 7) is 4.34. The van der Waals surface area contributed by atoms with Crippen LogP contribution in [0.15, 0.2) is 52.3 Å². The lowest BCUT2D eigenvalue weighted by Gasteiger charge is -2.30. The molecule has 0 saturated carbocycles. The van der Waals surface area contributed by atoms with Crippen molar-refractivity contribution in [2.45, 2.75) is 36.5 Å². The zero-order chi connectivity index (χ0) is 22.1. The molecule has 1 fully saturated rings. The Balaban J connectivity index is 1.68. The maximum absolute atomic E-state index is 12.9. The van der Waals surface area contributed by atoms with Gasteiger partial charge in [0, 0.05) is 31.0 Å². The minimum Gasteiger partial charge on any atom is -0.326 e. The molecule has 30 heavy (non-hydrogen) atoms. The molecule has 0 atom stereocenters. The van der Waals surface area contributed by atoms with Crippen molar-refractivity contribution in [2.75, 3.05) is 24.7 Å². The summed E-state index contributed by atoms with van der Waals surface area (Å²) < 4.78 is 50.7. The molecule has 1 amide bonds. The van der Waals surface area contributed by atoms with Crippen molar-refractivity contribution in [3.63, 3.8) is 0 Å². The molecular formula is C21H26N2O5S2. The van der Waals surface area contributed by atoms with Crippen LogP contribution in [-0.2, 0) is 24.7 Å². The third-order valence-electron chi connectivity index (χ3n) is 5.19. The largest absolute Gasteiger partial charge is 0.326 e. The van der Waals surface area contributed by atoms with Gasteiger partial charge in [0.25, 0.3) is 0 Å². The minimum atomic E-state index is -3.83. The zero-order valence-electron chi connectivity index (χ0n) is 17.3. The second-order valence-corrected chi connectivity index (χ2v) is 11.7. The van der Waals surface area contributed by atoms with Crippen LogP contribution in [0.3, 0.4) is 0 Å². The Morgan fingerprint density at radius 3 is 2.07 bits per heavy atom. The Hall–Kier alpha value is -2.23. The molecular weight excluding hydrogens is 424 g/mol. The van der Waals surface area contributed by atoms with Crippen molar-refractivity contribution in [3.05, 3.63) is 53.6 Å². The smallest absolute Gasteiger partial charge is 0.243 e. The van der Waals surface area contributed by atoms with Crippen LogP contribution in [0, 0.1) is 19.8 Å². The van der Waals surface area contributed by atoms with Gasteiger partial charge in [0.1, 0.15) is 0 Å². The molecule has 162 valence electrons. The molecule has 0 aliphatic carbocycles. The fourth-order valence-electron chi connectivity index (χ4n) is 3.66. The number of carbonyl (C=O) groups excluding carboxylic acids is 1. The standard InChI is InChI=1S/C21H26N2O5S2/c1-15-11-16(2)13-18(12-15)22-21(24)17-7-9-23(10-8-17)30(27,28)20-6-4-5-19(14-20)29(3,25)26/h4-6,11-14,17H,7-10H2,1-3H3,(H,22,24). The fraction of sp³-hybridized carbons (Fsp3) is 0.381. The van der Waals surface area contributed by atoms with Crippen LogP contribution in [0.1, 0.15) is 24.0 Å². The summed E-state index contributed by atoms with van der Waals surface area (Å²) in [5, 5.41) is 2.93. The van der Waals surface area contributed by atoms with E-state index < -0.39 is 19.9 Å². The van der Waals surface area contributed by atoms with Crippen molar-refractivity contribution in [2.24, 2.45) is 5.92 Å². The van der Waals surface area contributed by atoms with Gasteiger partial charge in [0.15, 0.2) is 9.84 Å². The van der Waals surface area contributed by atoms with E-state index >= 15 is 0 Å². The number of sulfonamides is 1. The summed E-state index contributed by atoms with van der Waals surface area (Å²) >= 11 is 0.